The Morgan fingerprint density at radius 1 is 1.41 bits per heavy atom. The van der Waals surface area contributed by atoms with Gasteiger partial charge in [-0.15, -0.1) is 0 Å². The molecule has 6 heteroatoms. The molecule has 2 aliphatic heterocycles. The molecule has 22 heavy (non-hydrogen) atoms. The number of rotatable bonds is 4. The number of hydrogen-bond acceptors (Lipinski definition) is 5. The molecule has 0 saturated carbocycles. The summed E-state index contributed by atoms with van der Waals surface area (Å²) in [4.78, 5) is 22.2. The van der Waals surface area contributed by atoms with Gasteiger partial charge in [-0.25, -0.2) is 9.97 Å². The van der Waals surface area contributed by atoms with E-state index in [9.17, 15) is 4.79 Å². The molecular formula is C16H23N3O3. The van der Waals surface area contributed by atoms with E-state index in [0.29, 0.717) is 19.4 Å². The zero-order valence-corrected chi connectivity index (χ0v) is 13.0. The topological polar surface area (TPSA) is 64.6 Å². The van der Waals surface area contributed by atoms with Crippen molar-refractivity contribution in [2.24, 2.45) is 0 Å². The van der Waals surface area contributed by atoms with Crippen LogP contribution in [0.25, 0.3) is 0 Å². The van der Waals surface area contributed by atoms with Crippen LogP contribution in [0, 0.1) is 0 Å². The number of piperidine rings is 1. The van der Waals surface area contributed by atoms with Crippen LogP contribution < -0.4 is 0 Å². The quantitative estimate of drug-likeness (QED) is 0.836. The molecule has 3 heterocycles. The molecule has 120 valence electrons. The highest BCUT2D eigenvalue weighted by molar-refractivity contribution is 5.76. The van der Waals surface area contributed by atoms with E-state index in [1.54, 1.807) is 19.5 Å². The molecule has 2 fully saturated rings. The average molecular weight is 305 g/mol. The number of carbonyl (C=O) groups is 1. The summed E-state index contributed by atoms with van der Waals surface area (Å²) in [5, 5.41) is 0. The Bertz CT molecular complexity index is 501. The van der Waals surface area contributed by atoms with Gasteiger partial charge in [0.25, 0.3) is 0 Å². The summed E-state index contributed by atoms with van der Waals surface area (Å²) >= 11 is 0. The lowest BCUT2D eigenvalue weighted by atomic mass is 9.88. The molecule has 1 atom stereocenters. The molecule has 1 aromatic heterocycles. The number of likely N-dealkylation sites (tertiary alicyclic amines) is 1. The highest BCUT2D eigenvalue weighted by Crippen LogP contribution is 2.36. The van der Waals surface area contributed by atoms with Gasteiger partial charge in [0, 0.05) is 45.4 Å². The van der Waals surface area contributed by atoms with Gasteiger partial charge in [0.05, 0.1) is 18.3 Å². The standard InChI is InChI=1S/C16H23N3O3/c1-21-14-8-16(22-11-14)4-6-19(7-5-16)15(20)3-2-13-9-17-12-18-10-13/h9-10,12,14H,2-8,11H2,1H3. The number of aromatic nitrogens is 2. The van der Waals surface area contributed by atoms with Gasteiger partial charge in [-0.3, -0.25) is 4.79 Å². The minimum absolute atomic E-state index is 0.0648. The Hall–Kier alpha value is -1.53. The number of hydrogen-bond donors (Lipinski definition) is 0. The summed E-state index contributed by atoms with van der Waals surface area (Å²) in [5.41, 5.74) is 0.941. The second-order valence-electron chi connectivity index (χ2n) is 6.18. The lowest BCUT2D eigenvalue weighted by Crippen LogP contribution is -2.46. The molecule has 0 N–H and O–H groups in total. The third kappa shape index (κ3) is 3.44. The van der Waals surface area contributed by atoms with Gasteiger partial charge in [0.2, 0.25) is 5.91 Å². The second kappa shape index (κ2) is 6.71. The van der Waals surface area contributed by atoms with E-state index in [4.69, 9.17) is 9.47 Å². The Labute approximate surface area is 130 Å². The first-order chi connectivity index (χ1) is 10.7. The van der Waals surface area contributed by atoms with Crippen LogP contribution in [0.3, 0.4) is 0 Å². The lowest BCUT2D eigenvalue weighted by molar-refractivity contribution is -0.135. The molecule has 0 aromatic carbocycles. The fourth-order valence-corrected chi connectivity index (χ4v) is 3.33. The van der Waals surface area contributed by atoms with Crippen molar-refractivity contribution in [1.82, 2.24) is 14.9 Å². The molecule has 2 saturated heterocycles. The SMILES string of the molecule is COC1COC2(CCN(C(=O)CCc3cncnc3)CC2)C1. The van der Waals surface area contributed by atoms with Crippen molar-refractivity contribution in [3.63, 3.8) is 0 Å². The maximum Gasteiger partial charge on any atom is 0.222 e. The number of amides is 1. The van der Waals surface area contributed by atoms with Gasteiger partial charge < -0.3 is 14.4 Å². The molecule has 3 rings (SSSR count). The molecule has 2 aliphatic rings. The molecule has 1 unspecified atom stereocenters. The zero-order chi connectivity index (χ0) is 15.4. The molecule has 1 amide bonds. The van der Waals surface area contributed by atoms with Gasteiger partial charge in [0.1, 0.15) is 6.33 Å². The third-order valence-corrected chi connectivity index (χ3v) is 4.78. The Morgan fingerprint density at radius 3 is 2.77 bits per heavy atom. The van der Waals surface area contributed by atoms with E-state index in [2.05, 4.69) is 9.97 Å². The van der Waals surface area contributed by atoms with Crippen LogP contribution in [0.5, 0.6) is 0 Å². The summed E-state index contributed by atoms with van der Waals surface area (Å²) in [7, 11) is 1.74. The Balaban J connectivity index is 1.46. The molecular weight excluding hydrogens is 282 g/mol. The van der Waals surface area contributed by atoms with Crippen molar-refractivity contribution < 1.29 is 14.3 Å². The third-order valence-electron chi connectivity index (χ3n) is 4.78. The summed E-state index contributed by atoms with van der Waals surface area (Å²) in [5.74, 6) is 0.208. The summed E-state index contributed by atoms with van der Waals surface area (Å²) in [6.45, 7) is 2.24. The molecule has 1 aromatic rings. The second-order valence-corrected chi connectivity index (χ2v) is 6.18. The highest BCUT2D eigenvalue weighted by atomic mass is 16.6. The average Bonchev–Trinajstić information content (AvgIpc) is 2.97. The van der Waals surface area contributed by atoms with Gasteiger partial charge >= 0.3 is 0 Å². The summed E-state index contributed by atoms with van der Waals surface area (Å²) < 4.78 is 11.3. The van der Waals surface area contributed by atoms with E-state index in [-0.39, 0.29) is 17.6 Å². The number of carbonyl (C=O) groups excluding carboxylic acids is 1. The lowest BCUT2D eigenvalue weighted by Gasteiger charge is -2.38. The largest absolute Gasteiger partial charge is 0.379 e. The van der Waals surface area contributed by atoms with Crippen molar-refractivity contribution in [2.45, 2.75) is 43.8 Å². The smallest absolute Gasteiger partial charge is 0.222 e. The number of ether oxygens (including phenoxy) is 2. The van der Waals surface area contributed by atoms with Crippen molar-refractivity contribution in [3.05, 3.63) is 24.3 Å². The molecule has 1 spiro atoms. The van der Waals surface area contributed by atoms with Crippen LogP contribution in [0.1, 0.15) is 31.2 Å². The minimum Gasteiger partial charge on any atom is -0.379 e. The molecule has 6 nitrogen and oxygen atoms in total. The van der Waals surface area contributed by atoms with Gasteiger partial charge in [-0.1, -0.05) is 0 Å². The van der Waals surface area contributed by atoms with Gasteiger partial charge in [-0.05, 0) is 24.8 Å². The number of methoxy groups -OCH3 is 1. The van der Waals surface area contributed by atoms with Crippen LogP contribution in [0.15, 0.2) is 18.7 Å². The van der Waals surface area contributed by atoms with Crippen LogP contribution >= 0.6 is 0 Å². The van der Waals surface area contributed by atoms with Gasteiger partial charge in [-0.2, -0.15) is 0 Å². The predicted octanol–water partition coefficient (Wildman–Crippen LogP) is 1.21. The van der Waals surface area contributed by atoms with Crippen LogP contribution in [-0.2, 0) is 20.7 Å². The maximum atomic E-state index is 12.3. The van der Waals surface area contributed by atoms with E-state index >= 15 is 0 Å². The van der Waals surface area contributed by atoms with Crippen molar-refractivity contribution in [2.75, 3.05) is 26.8 Å². The van der Waals surface area contributed by atoms with Crippen molar-refractivity contribution in [3.8, 4) is 0 Å². The first kappa shape index (κ1) is 15.4. The Morgan fingerprint density at radius 2 is 2.14 bits per heavy atom. The van der Waals surface area contributed by atoms with Crippen LogP contribution in [-0.4, -0.2) is 59.3 Å². The zero-order valence-electron chi connectivity index (χ0n) is 13.0. The van der Waals surface area contributed by atoms with Crippen molar-refractivity contribution >= 4 is 5.91 Å². The van der Waals surface area contributed by atoms with E-state index in [1.165, 1.54) is 6.33 Å². The van der Waals surface area contributed by atoms with Gasteiger partial charge in [0.15, 0.2) is 0 Å². The predicted molar refractivity (Wildman–Crippen MR) is 80.3 cm³/mol. The normalized spacial score (nSPS) is 23.9. The maximum absolute atomic E-state index is 12.3. The van der Waals surface area contributed by atoms with E-state index in [1.807, 2.05) is 4.90 Å². The van der Waals surface area contributed by atoms with Crippen LogP contribution in [0.2, 0.25) is 0 Å². The summed E-state index contributed by atoms with van der Waals surface area (Å²) in [6.07, 6.45) is 9.23. The monoisotopic (exact) mass is 305 g/mol. The summed E-state index contributed by atoms with van der Waals surface area (Å²) in [6, 6.07) is 0. The fourth-order valence-electron chi connectivity index (χ4n) is 3.33. The molecule has 0 aliphatic carbocycles. The molecule has 0 radical (unpaired) electrons. The van der Waals surface area contributed by atoms with E-state index in [0.717, 1.165) is 37.9 Å². The Kier molecular flexibility index (Phi) is 4.69. The van der Waals surface area contributed by atoms with Crippen LogP contribution in [0.4, 0.5) is 0 Å². The minimum atomic E-state index is -0.0648. The fraction of sp³-hybridized carbons (Fsp3) is 0.688. The first-order valence-corrected chi connectivity index (χ1v) is 7.89. The number of nitrogens with zero attached hydrogens (tertiary/aromatic N) is 3. The first-order valence-electron chi connectivity index (χ1n) is 7.89. The van der Waals surface area contributed by atoms with E-state index < -0.39 is 0 Å². The molecule has 0 bridgehead atoms. The number of aryl methyl sites for hydroxylation is 1. The van der Waals surface area contributed by atoms with Crippen molar-refractivity contribution in [1.29, 1.82) is 0 Å². The highest BCUT2D eigenvalue weighted by Gasteiger charge is 2.43.